The van der Waals surface area contributed by atoms with E-state index in [0.29, 0.717) is 0 Å². The summed E-state index contributed by atoms with van der Waals surface area (Å²) in [6, 6.07) is 14.1. The number of aryl methyl sites for hydroxylation is 2. The van der Waals surface area contributed by atoms with Gasteiger partial charge in [-0.15, -0.1) is 11.8 Å². The van der Waals surface area contributed by atoms with Gasteiger partial charge in [0.1, 0.15) is 0 Å². The minimum Gasteiger partial charge on any atom is -0.289 e. The number of ketones is 1. The Balaban J connectivity index is 1.98. The van der Waals surface area contributed by atoms with Gasteiger partial charge in [0.2, 0.25) is 0 Å². The van der Waals surface area contributed by atoms with Crippen LogP contribution in [0.3, 0.4) is 0 Å². The Morgan fingerprint density at radius 3 is 2.55 bits per heavy atom. The topological polar surface area (TPSA) is 17.1 Å². The van der Waals surface area contributed by atoms with Crippen molar-refractivity contribution in [2.75, 3.05) is 6.26 Å². The minimum absolute atomic E-state index is 0.142. The summed E-state index contributed by atoms with van der Waals surface area (Å²) in [5.74, 6) is 0.142. The number of rotatable bonds is 3. The van der Waals surface area contributed by atoms with Gasteiger partial charge in [-0.2, -0.15) is 0 Å². The molecule has 102 valence electrons. The predicted octanol–water partition coefficient (Wildman–Crippen LogP) is 4.52. The van der Waals surface area contributed by atoms with Crippen molar-refractivity contribution in [1.29, 1.82) is 0 Å². The van der Waals surface area contributed by atoms with Gasteiger partial charge in [-0.1, -0.05) is 24.3 Å². The van der Waals surface area contributed by atoms with E-state index in [1.165, 1.54) is 24.0 Å². The molecule has 3 rings (SSSR count). The van der Waals surface area contributed by atoms with E-state index in [1.54, 1.807) is 11.8 Å². The Labute approximate surface area is 124 Å². The van der Waals surface area contributed by atoms with Crippen LogP contribution in [0.15, 0.2) is 47.4 Å². The first-order chi connectivity index (χ1) is 9.79. The first-order valence-corrected chi connectivity index (χ1v) is 8.31. The van der Waals surface area contributed by atoms with Gasteiger partial charge in [-0.3, -0.25) is 4.79 Å². The molecule has 1 nitrogen and oxygen atoms in total. The lowest BCUT2D eigenvalue weighted by atomic mass is 9.89. The van der Waals surface area contributed by atoms with Gasteiger partial charge in [-0.25, -0.2) is 0 Å². The summed E-state index contributed by atoms with van der Waals surface area (Å²) in [5.41, 5.74) is 4.43. The summed E-state index contributed by atoms with van der Waals surface area (Å²) in [7, 11) is 0. The average molecular weight is 282 g/mol. The van der Waals surface area contributed by atoms with Gasteiger partial charge in [-0.05, 0) is 61.3 Å². The number of hydrogen-bond donors (Lipinski definition) is 0. The maximum atomic E-state index is 12.7. The van der Waals surface area contributed by atoms with E-state index in [9.17, 15) is 4.79 Å². The van der Waals surface area contributed by atoms with Gasteiger partial charge in [0.05, 0.1) is 0 Å². The smallest absolute Gasteiger partial charge is 0.194 e. The fourth-order valence-electron chi connectivity index (χ4n) is 2.86. The van der Waals surface area contributed by atoms with E-state index >= 15 is 0 Å². The Hall–Kier alpha value is -1.54. The highest BCUT2D eigenvalue weighted by atomic mass is 32.2. The molecule has 0 spiro atoms. The van der Waals surface area contributed by atoms with Gasteiger partial charge < -0.3 is 0 Å². The van der Waals surface area contributed by atoms with Crippen LogP contribution in [0, 0.1) is 0 Å². The molecule has 0 heterocycles. The lowest BCUT2D eigenvalue weighted by Gasteiger charge is -2.16. The Bertz CT molecular complexity index is 646. The fourth-order valence-corrected chi connectivity index (χ4v) is 3.46. The Kier molecular flexibility index (Phi) is 3.93. The third-order valence-corrected chi connectivity index (χ3v) is 4.76. The maximum Gasteiger partial charge on any atom is 0.194 e. The molecule has 0 saturated carbocycles. The van der Waals surface area contributed by atoms with Gasteiger partial charge >= 0.3 is 0 Å². The van der Waals surface area contributed by atoms with Crippen LogP contribution in [0.25, 0.3) is 0 Å². The van der Waals surface area contributed by atoms with Crippen LogP contribution in [-0.4, -0.2) is 12.0 Å². The highest BCUT2D eigenvalue weighted by Crippen LogP contribution is 2.26. The van der Waals surface area contributed by atoms with Crippen molar-refractivity contribution in [2.24, 2.45) is 0 Å². The largest absolute Gasteiger partial charge is 0.289 e. The number of thioether (sulfide) groups is 1. The van der Waals surface area contributed by atoms with Crippen LogP contribution >= 0.6 is 11.8 Å². The quantitative estimate of drug-likeness (QED) is 0.608. The molecule has 2 aromatic rings. The van der Waals surface area contributed by atoms with Crippen molar-refractivity contribution in [3.05, 3.63) is 64.7 Å². The molecule has 2 aromatic carbocycles. The number of carbonyl (C=O) groups is 1. The Morgan fingerprint density at radius 1 is 1.00 bits per heavy atom. The molecule has 0 unspecified atom stereocenters. The first kappa shape index (κ1) is 13.4. The number of fused-ring (bicyclic) bond motifs is 1. The van der Waals surface area contributed by atoms with Gasteiger partial charge in [0, 0.05) is 16.0 Å². The van der Waals surface area contributed by atoms with Gasteiger partial charge in [0.15, 0.2) is 5.78 Å². The van der Waals surface area contributed by atoms with E-state index in [-0.39, 0.29) is 5.78 Å². The van der Waals surface area contributed by atoms with Crippen molar-refractivity contribution in [2.45, 2.75) is 30.6 Å². The second-order valence-electron chi connectivity index (χ2n) is 5.22. The summed E-state index contributed by atoms with van der Waals surface area (Å²) in [4.78, 5) is 13.7. The monoisotopic (exact) mass is 282 g/mol. The zero-order valence-electron chi connectivity index (χ0n) is 11.7. The first-order valence-electron chi connectivity index (χ1n) is 7.09. The molecule has 2 heteroatoms. The van der Waals surface area contributed by atoms with Crippen molar-refractivity contribution < 1.29 is 4.79 Å². The maximum absolute atomic E-state index is 12.7. The second kappa shape index (κ2) is 5.84. The summed E-state index contributed by atoms with van der Waals surface area (Å²) in [5, 5.41) is 0. The van der Waals surface area contributed by atoms with Crippen LogP contribution in [0.4, 0.5) is 0 Å². The fraction of sp³-hybridized carbons (Fsp3) is 0.278. The molecule has 20 heavy (non-hydrogen) atoms. The van der Waals surface area contributed by atoms with E-state index in [0.717, 1.165) is 28.9 Å². The molecule has 0 atom stereocenters. The zero-order valence-corrected chi connectivity index (χ0v) is 12.5. The second-order valence-corrected chi connectivity index (χ2v) is 6.07. The standard InChI is InChI=1S/C18H18OS/c1-20-17-9-5-4-8-16(17)18(19)15-11-10-13-6-2-3-7-14(13)12-15/h4-5,8-12H,2-3,6-7H2,1H3. The van der Waals surface area contributed by atoms with E-state index in [2.05, 4.69) is 12.1 Å². The number of benzene rings is 2. The normalized spacial score (nSPS) is 13.8. The minimum atomic E-state index is 0.142. The van der Waals surface area contributed by atoms with Crippen LogP contribution in [0.1, 0.15) is 39.9 Å². The van der Waals surface area contributed by atoms with E-state index in [4.69, 9.17) is 0 Å². The van der Waals surface area contributed by atoms with Crippen molar-refractivity contribution in [3.63, 3.8) is 0 Å². The molecule has 0 aliphatic heterocycles. The molecule has 0 amide bonds. The lowest BCUT2D eigenvalue weighted by molar-refractivity contribution is 0.103. The third kappa shape index (κ3) is 2.53. The van der Waals surface area contributed by atoms with Crippen molar-refractivity contribution in [1.82, 2.24) is 0 Å². The summed E-state index contributed by atoms with van der Waals surface area (Å²) in [6.07, 6.45) is 6.80. The molecular weight excluding hydrogens is 264 g/mol. The van der Waals surface area contributed by atoms with Crippen LogP contribution in [-0.2, 0) is 12.8 Å². The van der Waals surface area contributed by atoms with Crippen molar-refractivity contribution in [3.8, 4) is 0 Å². The van der Waals surface area contributed by atoms with Crippen LogP contribution in [0.2, 0.25) is 0 Å². The molecule has 0 saturated heterocycles. The highest BCUT2D eigenvalue weighted by Gasteiger charge is 2.16. The van der Waals surface area contributed by atoms with Crippen LogP contribution < -0.4 is 0 Å². The molecule has 0 N–H and O–H groups in total. The molecule has 1 aliphatic carbocycles. The Morgan fingerprint density at radius 2 is 1.75 bits per heavy atom. The molecule has 1 aliphatic rings. The van der Waals surface area contributed by atoms with Crippen molar-refractivity contribution >= 4 is 17.5 Å². The highest BCUT2D eigenvalue weighted by molar-refractivity contribution is 7.98. The summed E-state index contributed by atoms with van der Waals surface area (Å²) < 4.78 is 0. The molecule has 0 bridgehead atoms. The molecular formula is C18H18OS. The average Bonchev–Trinajstić information content (AvgIpc) is 2.53. The predicted molar refractivity (Wildman–Crippen MR) is 84.7 cm³/mol. The van der Waals surface area contributed by atoms with Crippen LogP contribution in [0.5, 0.6) is 0 Å². The summed E-state index contributed by atoms with van der Waals surface area (Å²) >= 11 is 1.63. The number of hydrogen-bond acceptors (Lipinski definition) is 2. The van der Waals surface area contributed by atoms with E-state index in [1.807, 2.05) is 36.6 Å². The summed E-state index contributed by atoms with van der Waals surface area (Å²) in [6.45, 7) is 0. The molecule has 0 radical (unpaired) electrons. The number of carbonyl (C=O) groups excluding carboxylic acids is 1. The lowest BCUT2D eigenvalue weighted by Crippen LogP contribution is -2.07. The van der Waals surface area contributed by atoms with E-state index < -0.39 is 0 Å². The SMILES string of the molecule is CSc1ccccc1C(=O)c1ccc2c(c1)CCCC2. The zero-order chi connectivity index (χ0) is 13.9. The molecule has 0 aromatic heterocycles. The third-order valence-electron chi connectivity index (χ3n) is 3.96. The molecule has 0 fully saturated rings. The van der Waals surface area contributed by atoms with Gasteiger partial charge in [0.25, 0.3) is 0 Å².